The number of fused-ring (bicyclic) bond motifs is 4. The summed E-state index contributed by atoms with van der Waals surface area (Å²) in [6, 6.07) is 43.2. The van der Waals surface area contributed by atoms with Gasteiger partial charge in [-0.15, -0.1) is 0 Å². The number of rotatable bonds is 24. The zero-order valence-corrected chi connectivity index (χ0v) is 86.8. The Morgan fingerprint density at radius 2 is 0.860 bits per heavy atom. The third kappa shape index (κ3) is 45.3. The van der Waals surface area contributed by atoms with Crippen molar-refractivity contribution in [3.05, 3.63) is 282 Å². The van der Waals surface area contributed by atoms with Crippen LogP contribution < -0.4 is 275 Å². The second-order valence-electron chi connectivity index (χ2n) is 28.1. The van der Waals surface area contributed by atoms with Crippen LogP contribution in [0.15, 0.2) is 140 Å². The van der Waals surface area contributed by atoms with E-state index in [1.165, 1.54) is 120 Å². The summed E-state index contributed by atoms with van der Waals surface area (Å²) in [5, 5.41) is 63.1. The minimum Gasteiger partial charge on any atom is -0.550 e. The van der Waals surface area contributed by atoms with Gasteiger partial charge >= 0.3 is 256 Å². The summed E-state index contributed by atoms with van der Waals surface area (Å²) >= 11 is 0. The van der Waals surface area contributed by atoms with Gasteiger partial charge in [-0.2, -0.15) is 60.5 Å². The first-order chi connectivity index (χ1) is 53.6. The molecule has 10 aromatic rings. The molecule has 121 heavy (non-hydrogen) atoms. The van der Waals surface area contributed by atoms with E-state index in [0.29, 0.717) is 17.1 Å². The maximum atomic E-state index is 10.8. The van der Waals surface area contributed by atoms with Crippen molar-refractivity contribution in [2.75, 3.05) is 0 Å². The molecule has 0 atom stereocenters. The Morgan fingerprint density at radius 1 is 0.463 bits per heavy atom. The number of nitrogens with one attached hydrogen (secondary N) is 2. The Bertz CT molecular complexity index is 4690. The molecule has 0 saturated carbocycles. The topological polar surface area (TPSA) is 379 Å². The number of carboxylic acids is 6. The molecule has 0 aliphatic heterocycles. The Balaban J connectivity index is -0.000000323. The number of aromatic nitrogens is 5. The molecule has 21 nitrogen and oxygen atoms in total. The number of benzene rings is 7. The first kappa shape index (κ1) is 127. The van der Waals surface area contributed by atoms with E-state index in [1.54, 1.807) is 90.3 Å². The molecule has 600 valence electrons. The number of aromatic carboxylic acids is 5. The maximum Gasteiger partial charge on any atom is 1.00 e. The largest absolute Gasteiger partial charge is 1.00 e. The van der Waals surface area contributed by atoms with Crippen molar-refractivity contribution >= 4 is 59.2 Å². The van der Waals surface area contributed by atoms with Crippen LogP contribution in [0, 0.1) is 110 Å². The Hall–Kier alpha value is -4.37. The number of aliphatic carboxylic acids is 1. The molecule has 0 amide bonds. The molecule has 1 aliphatic rings. The van der Waals surface area contributed by atoms with Crippen molar-refractivity contribution in [3.63, 3.8) is 0 Å². The molecular weight excluding hydrogens is 1660 g/mol. The van der Waals surface area contributed by atoms with E-state index >= 15 is 0 Å². The van der Waals surface area contributed by atoms with Crippen LogP contribution >= 0.6 is 0 Å². The molecule has 11 rings (SSSR count). The standard InChI is InChI=1S/C28H37O2.C19H24N.C10H10N2O2.3C9H10O2.C6H8N2O2.2CO2.Cs.K.5Li.Na/c1-4-5-6-10-17-28(18-11-8-7-9-12-27(29)30)25-19-21(2)13-15-23(25)24-16-14-22(3)20-26(24)28;1-16-9-10-17(2)19(15-16)8-6-4-3-5-7-18-11-13-20-14-12-18;1-5-3-7(10(13)14)6(2)9-8(5)11-4-12-9;3*1-6-3-4-7(2)8(5-6)9(10)11;1-3-5(6(9)10)8-4(2)7-3;2*2-1-3;;;;;;;;/h13-16,19-20H,1,4-12,17-18H2,2-3H3,(H,29,30);10-15H,3-8H2,1-2H3;3-4H,1-2H3,(H,11,12)(H,13,14);3*3-5H,1-2H3,(H,10,11);1-2H3,(H,7,8)(H,9,10);;;;;;;;;;/q2*-1;;;;;;;;8*+1/p-6. The van der Waals surface area contributed by atoms with Gasteiger partial charge < -0.3 is 76.3 Å². The van der Waals surface area contributed by atoms with Gasteiger partial charge in [0.05, 0.1) is 47.2 Å². The fourth-order valence-corrected chi connectivity index (χ4v) is 13.1. The Kier molecular flexibility index (Phi) is 72.4. The average molecular weight is 1760 g/mol. The Labute approximate surface area is 897 Å². The predicted molar refractivity (Wildman–Crippen MR) is 421 cm³/mol. The number of hydrogen-bond acceptors (Lipinski definition) is 19. The summed E-state index contributed by atoms with van der Waals surface area (Å²) in [5.41, 5.74) is 23.9. The summed E-state index contributed by atoms with van der Waals surface area (Å²) in [5.74, 6) is -6.04. The van der Waals surface area contributed by atoms with Crippen LogP contribution in [0.1, 0.15) is 249 Å². The number of carboxylic acid groups (broad SMARTS) is 6. The fourth-order valence-electron chi connectivity index (χ4n) is 13.1. The first-order valence-corrected chi connectivity index (χ1v) is 37.4. The fraction of sp³-hybridized carbons (Fsp3) is 0.348. The SMILES string of the molecule is Cc1[c-]cc(C)c(CCCCCCc2ccncc2)c1.Cc1cc(C(=O)[O-])c(C)c2[nH]cnc12.Cc1ccc(C)c(C(=O)[O-])c1.Cc1ccc(C)c(C(=O)[O-])c1.Cc1ccc(C)c(C(=O)[O-])c1.Cc1nc(C(=O)[O-])c(C)[nH]1.O=C=O.O=C=O.[CH2-]CCCCCC1(CCCCCCC(=O)[O-])c2cc(C)ccc2-c2ccc(C)cc21.[Cs+].[K+].[Li+].[Li+].[Li+].[Li+].[Li+].[Na+]. The van der Waals surface area contributed by atoms with E-state index in [2.05, 4.69) is 126 Å². The average Bonchev–Trinajstić information content (AvgIpc) is 1.56. The monoisotopic (exact) mass is 1760 g/mol. The van der Waals surface area contributed by atoms with E-state index in [9.17, 15) is 59.4 Å². The molecule has 0 unspecified atom stereocenters. The number of aryl methyl sites for hydroxylation is 16. The smallest absolute Gasteiger partial charge is 0.550 e. The van der Waals surface area contributed by atoms with E-state index in [1.807, 2.05) is 58.3 Å². The van der Waals surface area contributed by atoms with Crippen LogP contribution in [0.25, 0.3) is 22.2 Å². The van der Waals surface area contributed by atoms with Crippen LogP contribution in [-0.2, 0) is 42.2 Å². The van der Waals surface area contributed by atoms with Crippen LogP contribution in [-0.4, -0.2) is 73.0 Å². The molecule has 2 N–H and O–H groups in total. The van der Waals surface area contributed by atoms with Gasteiger partial charge in [0.15, 0.2) is 0 Å². The van der Waals surface area contributed by atoms with Crippen LogP contribution in [0.3, 0.4) is 0 Å². The second kappa shape index (κ2) is 68.8. The minimum atomic E-state index is -1.23. The third-order valence-corrected chi connectivity index (χ3v) is 19.0. The van der Waals surface area contributed by atoms with Crippen molar-refractivity contribution in [3.8, 4) is 11.1 Å². The number of imidazole rings is 2. The van der Waals surface area contributed by atoms with E-state index in [-0.39, 0.29) is 296 Å². The van der Waals surface area contributed by atoms with Gasteiger partial charge in [0.25, 0.3) is 0 Å². The molecule has 0 radical (unpaired) electrons. The minimum absolute atomic E-state index is 0. The summed E-state index contributed by atoms with van der Waals surface area (Å²) < 4.78 is 0. The molecule has 3 aromatic heterocycles. The van der Waals surface area contributed by atoms with Gasteiger partial charge in [-0.05, 0) is 214 Å². The second-order valence-corrected chi connectivity index (χ2v) is 28.1. The van der Waals surface area contributed by atoms with E-state index in [4.69, 9.17) is 19.2 Å². The third-order valence-electron chi connectivity index (χ3n) is 19.0. The number of carbonyl (C=O) groups excluding carboxylic acids is 10. The van der Waals surface area contributed by atoms with Crippen molar-refractivity contribution < 1.29 is 323 Å². The molecule has 0 saturated heterocycles. The van der Waals surface area contributed by atoms with Crippen molar-refractivity contribution in [1.82, 2.24) is 24.9 Å². The number of pyridine rings is 1. The first-order valence-electron chi connectivity index (χ1n) is 37.4. The number of unbranched alkanes of at least 4 members (excludes halogenated alkanes) is 9. The van der Waals surface area contributed by atoms with Crippen LogP contribution in [0.4, 0.5) is 0 Å². The molecule has 29 heteroatoms. The summed E-state index contributed by atoms with van der Waals surface area (Å²) in [7, 11) is 0. The molecule has 0 bridgehead atoms. The van der Waals surface area contributed by atoms with Crippen molar-refractivity contribution in [1.29, 1.82) is 0 Å². The van der Waals surface area contributed by atoms with E-state index in [0.717, 1.165) is 88.5 Å². The summed E-state index contributed by atoms with van der Waals surface area (Å²) in [6.07, 6.45) is 24.5. The zero-order valence-electron chi connectivity index (χ0n) is 75.4. The maximum absolute atomic E-state index is 10.8. The number of hydrogen-bond donors (Lipinski definition) is 2. The van der Waals surface area contributed by atoms with Gasteiger partial charge in [-0.25, -0.2) is 9.97 Å². The molecule has 7 aromatic carbocycles. The number of carbonyl (C=O) groups is 6. The molecule has 0 spiro atoms. The van der Waals surface area contributed by atoms with Crippen LogP contribution in [0.2, 0.25) is 0 Å². The van der Waals surface area contributed by atoms with Gasteiger partial charge in [0.2, 0.25) is 0 Å². The molecule has 3 heterocycles. The Morgan fingerprint density at radius 3 is 1.24 bits per heavy atom. The molecule has 0 fully saturated rings. The van der Waals surface area contributed by atoms with Gasteiger partial charge in [0.1, 0.15) is 11.5 Å². The number of aromatic amines is 2. The number of nitrogens with zero attached hydrogens (tertiary/aromatic N) is 3. The predicted octanol–water partition coefficient (Wildman–Crippen LogP) is -11.9. The normalized spacial score (nSPS) is 10.0. The van der Waals surface area contributed by atoms with Gasteiger partial charge in [-0.3, -0.25) is 4.98 Å². The summed E-state index contributed by atoms with van der Waals surface area (Å²) in [6.45, 7) is 30.4. The summed E-state index contributed by atoms with van der Waals surface area (Å²) in [4.78, 5) is 113. The quantitative estimate of drug-likeness (QED) is 0.0322. The molecular formula is C92H103CsKLi5N5NaO16. The van der Waals surface area contributed by atoms with Crippen LogP contribution in [0.5, 0.6) is 0 Å². The van der Waals surface area contributed by atoms with Crippen molar-refractivity contribution in [2.45, 2.75) is 212 Å². The number of H-pyrrole nitrogens is 2. The van der Waals surface area contributed by atoms with Crippen molar-refractivity contribution in [2.24, 2.45) is 0 Å². The molecule has 1 aliphatic carbocycles. The van der Waals surface area contributed by atoms with Gasteiger partial charge in [-0.1, -0.05) is 179 Å². The van der Waals surface area contributed by atoms with E-state index < -0.39 is 35.8 Å². The zero-order chi connectivity index (χ0) is 84.5. The van der Waals surface area contributed by atoms with Gasteiger partial charge in [0, 0.05) is 51.7 Å².